The first-order chi connectivity index (χ1) is 21.1. The Kier molecular flexibility index (Phi) is 9.84. The molecule has 0 amide bonds. The smallest absolute Gasteiger partial charge is 0.359 e. The molecule has 3 aromatic carbocycles. The predicted octanol–water partition coefficient (Wildman–Crippen LogP) is 6.30. The Morgan fingerprint density at radius 2 is 1.32 bits per heavy atom. The molecule has 0 aliphatic rings. The van der Waals surface area contributed by atoms with Gasteiger partial charge >= 0.3 is 5.97 Å². The van der Waals surface area contributed by atoms with E-state index in [1.807, 2.05) is 0 Å². The number of carbonyl (C=O) groups excluding carboxylic acids is 1. The second kappa shape index (κ2) is 13.6. The van der Waals surface area contributed by atoms with Gasteiger partial charge in [-0.05, 0) is 36.4 Å². The number of benzene rings is 3. The van der Waals surface area contributed by atoms with E-state index >= 15 is 4.39 Å². The lowest BCUT2D eigenvalue weighted by Gasteiger charge is -2.30. The average molecular weight is 627 g/mol. The number of methoxy groups -OCH3 is 6. The summed E-state index contributed by atoms with van der Waals surface area (Å²) in [5.74, 6) is 0.309. The third kappa shape index (κ3) is 5.93. The molecule has 0 bridgehead atoms. The molecule has 0 fully saturated rings. The SMILES string of the molecule is COC(=O)c1nc(-c2ccc(Cl)c(OC)c2F)nc(N(C)c2ccc(OC)cc2OC)c1N(C)c1ccc(OC)cc1OC. The molecule has 13 heteroatoms. The summed E-state index contributed by atoms with van der Waals surface area (Å²) >= 11 is 6.16. The number of aromatic nitrogens is 2. The number of anilines is 4. The molecule has 1 heterocycles. The van der Waals surface area contributed by atoms with Crippen LogP contribution in [0.25, 0.3) is 11.4 Å². The highest BCUT2D eigenvalue weighted by molar-refractivity contribution is 6.32. The Balaban J connectivity index is 2.09. The molecule has 0 atom stereocenters. The molecular formula is C31H32ClFN4O7. The molecule has 4 rings (SSSR count). The topological polar surface area (TPSA) is 105 Å². The number of nitrogens with zero attached hydrogens (tertiary/aromatic N) is 4. The van der Waals surface area contributed by atoms with Gasteiger partial charge in [0.05, 0.1) is 64.6 Å². The molecule has 4 aromatic rings. The van der Waals surface area contributed by atoms with Crippen molar-refractivity contribution in [3.63, 3.8) is 0 Å². The van der Waals surface area contributed by atoms with E-state index < -0.39 is 11.8 Å². The summed E-state index contributed by atoms with van der Waals surface area (Å²) in [6.45, 7) is 0. The van der Waals surface area contributed by atoms with Gasteiger partial charge in [0.2, 0.25) is 0 Å². The highest BCUT2D eigenvalue weighted by atomic mass is 35.5. The van der Waals surface area contributed by atoms with Crippen LogP contribution < -0.4 is 33.5 Å². The van der Waals surface area contributed by atoms with E-state index in [9.17, 15) is 4.79 Å². The van der Waals surface area contributed by atoms with Crippen molar-refractivity contribution in [3.8, 4) is 40.1 Å². The molecule has 0 radical (unpaired) electrons. The maximum Gasteiger partial charge on any atom is 0.359 e. The first-order valence-electron chi connectivity index (χ1n) is 13.1. The molecule has 232 valence electrons. The van der Waals surface area contributed by atoms with Crippen molar-refractivity contribution in [2.24, 2.45) is 0 Å². The van der Waals surface area contributed by atoms with Crippen molar-refractivity contribution < 1.29 is 37.6 Å². The summed E-state index contributed by atoms with van der Waals surface area (Å²) < 4.78 is 48.1. The maximum atomic E-state index is 15.7. The lowest BCUT2D eigenvalue weighted by molar-refractivity contribution is 0.0595. The van der Waals surface area contributed by atoms with Crippen molar-refractivity contribution in [3.05, 3.63) is 65.1 Å². The predicted molar refractivity (Wildman–Crippen MR) is 166 cm³/mol. The van der Waals surface area contributed by atoms with Crippen molar-refractivity contribution >= 4 is 40.5 Å². The number of carbonyl (C=O) groups is 1. The number of halogens is 2. The summed E-state index contributed by atoms with van der Waals surface area (Å²) in [6, 6.07) is 13.3. The van der Waals surface area contributed by atoms with Gasteiger partial charge in [-0.15, -0.1) is 0 Å². The van der Waals surface area contributed by atoms with Crippen LogP contribution in [0.4, 0.5) is 27.3 Å². The van der Waals surface area contributed by atoms with Gasteiger partial charge in [-0.3, -0.25) is 0 Å². The van der Waals surface area contributed by atoms with Gasteiger partial charge in [-0.2, -0.15) is 0 Å². The Morgan fingerprint density at radius 3 is 1.82 bits per heavy atom. The molecular weight excluding hydrogens is 595 g/mol. The Hall–Kier alpha value is -4.97. The van der Waals surface area contributed by atoms with E-state index in [0.29, 0.717) is 34.4 Å². The van der Waals surface area contributed by atoms with Crippen LogP contribution in [0.1, 0.15) is 10.5 Å². The number of ether oxygens (including phenoxy) is 6. The van der Waals surface area contributed by atoms with E-state index in [2.05, 4.69) is 4.98 Å². The zero-order valence-electron chi connectivity index (χ0n) is 25.5. The van der Waals surface area contributed by atoms with Crippen LogP contribution in [0.15, 0.2) is 48.5 Å². The van der Waals surface area contributed by atoms with Gasteiger partial charge in [-0.1, -0.05) is 11.6 Å². The minimum Gasteiger partial charge on any atom is -0.497 e. The van der Waals surface area contributed by atoms with Crippen LogP contribution in [0, 0.1) is 5.82 Å². The monoisotopic (exact) mass is 626 g/mol. The zero-order valence-corrected chi connectivity index (χ0v) is 26.3. The molecule has 1 aromatic heterocycles. The molecule has 44 heavy (non-hydrogen) atoms. The molecule has 0 unspecified atom stereocenters. The molecule has 0 saturated carbocycles. The van der Waals surface area contributed by atoms with Crippen molar-refractivity contribution in [1.82, 2.24) is 9.97 Å². The van der Waals surface area contributed by atoms with Crippen LogP contribution in [0.3, 0.4) is 0 Å². The van der Waals surface area contributed by atoms with E-state index in [1.54, 1.807) is 74.5 Å². The molecule has 0 aliphatic carbocycles. The highest BCUT2D eigenvalue weighted by Gasteiger charge is 2.30. The maximum absolute atomic E-state index is 15.7. The number of rotatable bonds is 11. The average Bonchev–Trinajstić information content (AvgIpc) is 3.06. The van der Waals surface area contributed by atoms with Crippen LogP contribution in [-0.4, -0.2) is 72.7 Å². The Morgan fingerprint density at radius 1 is 0.750 bits per heavy atom. The molecule has 0 spiro atoms. The molecule has 0 saturated heterocycles. The number of hydrogen-bond acceptors (Lipinski definition) is 11. The van der Waals surface area contributed by atoms with E-state index in [-0.39, 0.29) is 39.4 Å². The van der Waals surface area contributed by atoms with Crippen LogP contribution in [0.2, 0.25) is 5.02 Å². The molecule has 11 nitrogen and oxygen atoms in total. The molecule has 0 N–H and O–H groups in total. The van der Waals surface area contributed by atoms with Gasteiger partial charge in [0.1, 0.15) is 28.7 Å². The third-order valence-corrected chi connectivity index (χ3v) is 7.19. The largest absolute Gasteiger partial charge is 0.497 e. The standard InChI is InChI=1S/C31H32ClFN4O7/c1-36(21-13-9-17(39-3)15-23(21)41-5)27-26(31(38)44-8)34-29(19-11-12-20(32)28(43-7)25(19)33)35-30(27)37(2)22-14-10-18(40-4)16-24(22)42-6/h9-16H,1-8H3. The van der Waals surface area contributed by atoms with Gasteiger partial charge in [0.15, 0.2) is 28.9 Å². The summed E-state index contributed by atoms with van der Waals surface area (Å²) in [5, 5.41) is 0.0604. The molecule has 0 aliphatic heterocycles. The minimum atomic E-state index is -0.802. The van der Waals surface area contributed by atoms with Crippen molar-refractivity contribution in [2.45, 2.75) is 0 Å². The number of esters is 1. The van der Waals surface area contributed by atoms with Crippen molar-refractivity contribution in [2.75, 3.05) is 66.6 Å². The fourth-order valence-electron chi connectivity index (χ4n) is 4.60. The fraction of sp³-hybridized carbons (Fsp3) is 0.258. The van der Waals surface area contributed by atoms with Crippen LogP contribution in [-0.2, 0) is 4.74 Å². The zero-order chi connectivity index (χ0) is 32.1. The van der Waals surface area contributed by atoms with Crippen LogP contribution >= 0.6 is 11.6 Å². The van der Waals surface area contributed by atoms with Gasteiger partial charge in [-0.25, -0.2) is 19.2 Å². The minimum absolute atomic E-state index is 0.0519. The van der Waals surface area contributed by atoms with Crippen molar-refractivity contribution in [1.29, 1.82) is 0 Å². The summed E-state index contributed by atoms with van der Waals surface area (Å²) in [6.07, 6.45) is 0. The van der Waals surface area contributed by atoms with Gasteiger partial charge < -0.3 is 38.2 Å². The van der Waals surface area contributed by atoms with Gasteiger partial charge in [0.25, 0.3) is 0 Å². The summed E-state index contributed by atoms with van der Waals surface area (Å²) in [4.78, 5) is 26.1. The van der Waals surface area contributed by atoms with E-state index in [1.165, 1.54) is 40.6 Å². The van der Waals surface area contributed by atoms with E-state index in [0.717, 1.165) is 0 Å². The Labute approximate surface area is 259 Å². The van der Waals surface area contributed by atoms with Crippen LogP contribution in [0.5, 0.6) is 28.7 Å². The first kappa shape index (κ1) is 32.0. The number of hydrogen-bond donors (Lipinski definition) is 0. The first-order valence-corrected chi connectivity index (χ1v) is 13.5. The normalized spacial score (nSPS) is 10.6. The fourth-order valence-corrected chi connectivity index (χ4v) is 4.82. The third-order valence-electron chi connectivity index (χ3n) is 6.89. The quantitative estimate of drug-likeness (QED) is 0.175. The summed E-state index contributed by atoms with van der Waals surface area (Å²) in [7, 11) is 12.1. The Bertz CT molecular complexity index is 1690. The highest BCUT2D eigenvalue weighted by Crippen LogP contribution is 2.45. The second-order valence-corrected chi connectivity index (χ2v) is 9.60. The second-order valence-electron chi connectivity index (χ2n) is 9.20. The van der Waals surface area contributed by atoms with E-state index in [4.69, 9.17) is 45.0 Å². The van der Waals surface area contributed by atoms with Gasteiger partial charge in [0, 0.05) is 26.2 Å². The summed E-state index contributed by atoms with van der Waals surface area (Å²) in [5.41, 5.74) is 1.13. The lowest BCUT2D eigenvalue weighted by atomic mass is 10.1. The lowest BCUT2D eigenvalue weighted by Crippen LogP contribution is -2.24.